The van der Waals surface area contributed by atoms with Gasteiger partial charge in [0.05, 0.1) is 5.60 Å². The van der Waals surface area contributed by atoms with Crippen LogP contribution in [-0.4, -0.2) is 31.6 Å². The average molecular weight is 275 g/mol. The highest BCUT2D eigenvalue weighted by atomic mass is 16.5. The molecule has 0 aromatic heterocycles. The molecule has 0 saturated carbocycles. The molecule has 0 spiro atoms. The summed E-state index contributed by atoms with van der Waals surface area (Å²) >= 11 is 0. The number of Topliss-reactive ketones (excluding diaryl/α,β-unsaturated/α-hetero) is 1. The van der Waals surface area contributed by atoms with Crippen molar-refractivity contribution in [3.05, 3.63) is 29.3 Å². The zero-order chi connectivity index (χ0) is 14.8. The summed E-state index contributed by atoms with van der Waals surface area (Å²) < 4.78 is 5.50. The van der Waals surface area contributed by atoms with Crippen LogP contribution < -0.4 is 4.90 Å². The second-order valence-corrected chi connectivity index (χ2v) is 6.20. The topological polar surface area (TPSA) is 29.5 Å². The molecule has 0 bridgehead atoms. The van der Waals surface area contributed by atoms with Crippen LogP contribution in [0.15, 0.2) is 18.2 Å². The lowest BCUT2D eigenvalue weighted by atomic mass is 9.97. The van der Waals surface area contributed by atoms with Crippen molar-refractivity contribution >= 4 is 11.5 Å². The van der Waals surface area contributed by atoms with Crippen LogP contribution in [-0.2, 0) is 11.2 Å². The molecule has 2 rings (SSSR count). The number of carbonyl (C=O) groups is 1. The molecular weight excluding hydrogens is 250 g/mol. The van der Waals surface area contributed by atoms with Gasteiger partial charge in [-0.1, -0.05) is 0 Å². The minimum Gasteiger partial charge on any atom is -0.379 e. The summed E-state index contributed by atoms with van der Waals surface area (Å²) in [5.41, 5.74) is 3.33. The molecular formula is C17H25NO2. The van der Waals surface area contributed by atoms with E-state index >= 15 is 0 Å². The van der Waals surface area contributed by atoms with Crippen molar-refractivity contribution in [2.24, 2.45) is 0 Å². The van der Waals surface area contributed by atoms with Crippen molar-refractivity contribution in [2.45, 2.75) is 45.6 Å². The van der Waals surface area contributed by atoms with Crippen LogP contribution in [0.5, 0.6) is 0 Å². The number of benzene rings is 1. The Morgan fingerprint density at radius 2 is 2.15 bits per heavy atom. The fourth-order valence-electron chi connectivity index (χ4n) is 2.63. The number of rotatable bonds is 5. The molecule has 110 valence electrons. The van der Waals surface area contributed by atoms with E-state index in [9.17, 15) is 4.79 Å². The second-order valence-electron chi connectivity index (χ2n) is 6.20. The van der Waals surface area contributed by atoms with E-state index in [2.05, 4.69) is 30.9 Å². The maximum absolute atomic E-state index is 11.5. The van der Waals surface area contributed by atoms with Gasteiger partial charge in [-0.2, -0.15) is 0 Å². The minimum atomic E-state index is -0.0864. The van der Waals surface area contributed by atoms with Crippen LogP contribution in [0.2, 0.25) is 0 Å². The molecule has 1 aliphatic heterocycles. The van der Waals surface area contributed by atoms with Crippen molar-refractivity contribution in [3.8, 4) is 0 Å². The van der Waals surface area contributed by atoms with Crippen molar-refractivity contribution in [2.75, 3.05) is 25.1 Å². The van der Waals surface area contributed by atoms with E-state index in [0.717, 1.165) is 37.9 Å². The number of aryl methyl sites for hydroxylation is 1. The van der Waals surface area contributed by atoms with Gasteiger partial charge in [-0.3, -0.25) is 4.79 Å². The third kappa shape index (κ3) is 3.40. The van der Waals surface area contributed by atoms with Gasteiger partial charge < -0.3 is 9.64 Å². The Bertz CT molecular complexity index is 494. The first-order valence-electron chi connectivity index (χ1n) is 7.37. The highest BCUT2D eigenvalue weighted by molar-refractivity contribution is 5.94. The SMILES string of the molecule is COC(C)(C)CCN1CCCc2cc(C(C)=O)ccc21. The summed E-state index contributed by atoms with van der Waals surface area (Å²) in [7, 11) is 1.77. The summed E-state index contributed by atoms with van der Waals surface area (Å²) in [6, 6.07) is 6.11. The van der Waals surface area contributed by atoms with Crippen LogP contribution >= 0.6 is 0 Å². The van der Waals surface area contributed by atoms with E-state index in [-0.39, 0.29) is 11.4 Å². The smallest absolute Gasteiger partial charge is 0.159 e. The number of anilines is 1. The predicted octanol–water partition coefficient (Wildman–Crippen LogP) is 3.46. The quantitative estimate of drug-likeness (QED) is 0.771. The van der Waals surface area contributed by atoms with Gasteiger partial charge >= 0.3 is 0 Å². The first-order valence-corrected chi connectivity index (χ1v) is 7.37. The standard InChI is InChI=1S/C17H25NO2/c1-13(19)14-7-8-16-15(12-14)6-5-10-18(16)11-9-17(2,3)20-4/h7-8,12H,5-6,9-11H2,1-4H3. The molecule has 1 aliphatic rings. The molecule has 1 aromatic carbocycles. The highest BCUT2D eigenvalue weighted by Crippen LogP contribution is 2.29. The van der Waals surface area contributed by atoms with E-state index in [0.29, 0.717) is 0 Å². The molecule has 3 heteroatoms. The highest BCUT2D eigenvalue weighted by Gasteiger charge is 2.22. The van der Waals surface area contributed by atoms with Crippen LogP contribution in [0.1, 0.15) is 49.5 Å². The van der Waals surface area contributed by atoms with Crippen LogP contribution in [0.25, 0.3) is 0 Å². The molecule has 0 N–H and O–H groups in total. The number of hydrogen-bond donors (Lipinski definition) is 0. The lowest BCUT2D eigenvalue weighted by Crippen LogP contribution is -2.35. The maximum Gasteiger partial charge on any atom is 0.159 e. The summed E-state index contributed by atoms with van der Waals surface area (Å²) in [6.07, 6.45) is 3.22. The number of hydrogen-bond acceptors (Lipinski definition) is 3. The Labute approximate surface area is 121 Å². The third-order valence-electron chi connectivity index (χ3n) is 4.24. The van der Waals surface area contributed by atoms with E-state index in [1.807, 2.05) is 6.07 Å². The van der Waals surface area contributed by atoms with Crippen LogP contribution in [0.4, 0.5) is 5.69 Å². The summed E-state index contributed by atoms with van der Waals surface area (Å²) in [4.78, 5) is 13.9. The van der Waals surface area contributed by atoms with Crippen molar-refractivity contribution in [1.82, 2.24) is 0 Å². The van der Waals surface area contributed by atoms with Crippen LogP contribution in [0, 0.1) is 0 Å². The van der Waals surface area contributed by atoms with Crippen molar-refractivity contribution < 1.29 is 9.53 Å². The Hall–Kier alpha value is -1.35. The minimum absolute atomic E-state index is 0.0864. The molecule has 20 heavy (non-hydrogen) atoms. The second kappa shape index (κ2) is 5.96. The Kier molecular flexibility index (Phi) is 4.48. The molecule has 0 atom stereocenters. The third-order valence-corrected chi connectivity index (χ3v) is 4.24. The predicted molar refractivity (Wildman–Crippen MR) is 82.7 cm³/mol. The molecule has 0 saturated heterocycles. The number of nitrogens with zero attached hydrogens (tertiary/aromatic N) is 1. The summed E-state index contributed by atoms with van der Waals surface area (Å²) in [5.74, 6) is 0.144. The summed E-state index contributed by atoms with van der Waals surface area (Å²) in [5, 5.41) is 0. The van der Waals surface area contributed by atoms with Gasteiger partial charge in [-0.25, -0.2) is 0 Å². The van der Waals surface area contributed by atoms with Gasteiger partial charge in [0.2, 0.25) is 0 Å². The van der Waals surface area contributed by atoms with Gasteiger partial charge in [-0.05, 0) is 63.8 Å². The molecule has 0 fully saturated rings. The number of fused-ring (bicyclic) bond motifs is 1. The Morgan fingerprint density at radius 3 is 2.80 bits per heavy atom. The van der Waals surface area contributed by atoms with E-state index in [1.54, 1.807) is 14.0 Å². The first kappa shape index (κ1) is 15.0. The number of ketones is 1. The van der Waals surface area contributed by atoms with Gasteiger partial charge in [0.1, 0.15) is 0 Å². The normalized spacial score (nSPS) is 15.1. The average Bonchev–Trinajstić information content (AvgIpc) is 2.44. The van der Waals surface area contributed by atoms with E-state index in [4.69, 9.17) is 4.74 Å². The molecule has 0 amide bonds. The molecule has 0 aliphatic carbocycles. The van der Waals surface area contributed by atoms with Crippen molar-refractivity contribution in [3.63, 3.8) is 0 Å². The molecule has 1 heterocycles. The van der Waals surface area contributed by atoms with E-state index < -0.39 is 0 Å². The van der Waals surface area contributed by atoms with Crippen molar-refractivity contribution in [1.29, 1.82) is 0 Å². The van der Waals surface area contributed by atoms with Gasteiger partial charge in [0.25, 0.3) is 0 Å². The van der Waals surface area contributed by atoms with Gasteiger partial charge in [0.15, 0.2) is 5.78 Å². The molecule has 0 unspecified atom stereocenters. The molecule has 3 nitrogen and oxygen atoms in total. The number of methoxy groups -OCH3 is 1. The Morgan fingerprint density at radius 1 is 1.40 bits per heavy atom. The fraction of sp³-hybridized carbons (Fsp3) is 0.588. The Balaban J connectivity index is 2.14. The first-order chi connectivity index (χ1) is 9.43. The zero-order valence-corrected chi connectivity index (χ0v) is 13.0. The van der Waals surface area contributed by atoms with Gasteiger partial charge in [-0.15, -0.1) is 0 Å². The summed E-state index contributed by atoms with van der Waals surface area (Å²) in [6.45, 7) is 7.95. The molecule has 0 radical (unpaired) electrons. The fourth-order valence-corrected chi connectivity index (χ4v) is 2.63. The largest absolute Gasteiger partial charge is 0.379 e. The lowest BCUT2D eigenvalue weighted by Gasteiger charge is -2.34. The van der Waals surface area contributed by atoms with Crippen LogP contribution in [0.3, 0.4) is 0 Å². The van der Waals surface area contributed by atoms with E-state index in [1.165, 1.54) is 11.3 Å². The zero-order valence-electron chi connectivity index (χ0n) is 13.0. The lowest BCUT2D eigenvalue weighted by molar-refractivity contribution is 0.0171. The maximum atomic E-state index is 11.5. The number of ether oxygens (including phenoxy) is 1. The van der Waals surface area contributed by atoms with Gasteiger partial charge in [0, 0.05) is 31.5 Å². The number of carbonyl (C=O) groups excluding carboxylic acids is 1. The monoisotopic (exact) mass is 275 g/mol. The molecule has 1 aromatic rings.